The number of benzene rings is 1. The molecule has 0 bridgehead atoms. The Morgan fingerprint density at radius 3 is 2.33 bits per heavy atom. The molecule has 1 aromatic carbocycles. The second-order valence-electron chi connectivity index (χ2n) is 3.65. The maximum Gasteiger partial charge on any atom is 0.418 e. The molecule has 1 aromatic heterocycles. The maximum absolute atomic E-state index is 12.7. The zero-order valence-corrected chi connectivity index (χ0v) is 8.87. The van der Waals surface area contributed by atoms with Crippen LogP contribution in [0.25, 0.3) is 11.3 Å². The molecule has 0 fully saturated rings. The van der Waals surface area contributed by atoms with Crippen molar-refractivity contribution in [2.24, 2.45) is 0 Å². The lowest BCUT2D eigenvalue weighted by Crippen LogP contribution is -2.20. The lowest BCUT2D eigenvalue weighted by molar-refractivity contribution is -0.206. The zero-order valence-electron chi connectivity index (χ0n) is 8.87. The van der Waals surface area contributed by atoms with Gasteiger partial charge in [0.25, 0.3) is 0 Å². The number of alkyl halides is 3. The summed E-state index contributed by atoms with van der Waals surface area (Å²) in [5.41, 5.74) is -0.0684. The molecule has 0 radical (unpaired) electrons. The van der Waals surface area contributed by atoms with E-state index in [9.17, 15) is 22.7 Å². The third-order valence-electron chi connectivity index (χ3n) is 2.41. The summed E-state index contributed by atoms with van der Waals surface area (Å²) in [5, 5.41) is 15.0. The summed E-state index contributed by atoms with van der Waals surface area (Å²) in [5.74, 6) is -0.504. The molecular weight excluding hydrogens is 252 g/mol. The van der Waals surface area contributed by atoms with E-state index in [1.165, 1.54) is 12.1 Å². The minimum absolute atomic E-state index is 0.0137. The molecule has 0 aliphatic rings. The molecule has 2 rings (SSSR count). The number of aromatic nitrogens is 2. The molecule has 1 heterocycles. The number of aromatic amines is 1. The summed E-state index contributed by atoms with van der Waals surface area (Å²) in [7, 11) is 0. The Hall–Kier alpha value is -1.89. The number of aliphatic hydroxyl groups is 1. The molecule has 1 unspecified atom stereocenters. The van der Waals surface area contributed by atoms with Gasteiger partial charge >= 0.3 is 6.18 Å². The van der Waals surface area contributed by atoms with Gasteiger partial charge in [-0.3, -0.25) is 5.10 Å². The Morgan fingerprint density at radius 1 is 1.17 bits per heavy atom. The maximum atomic E-state index is 12.7. The van der Waals surface area contributed by atoms with Crippen molar-refractivity contribution in [3.63, 3.8) is 0 Å². The van der Waals surface area contributed by atoms with Crippen LogP contribution in [0.2, 0.25) is 0 Å². The van der Waals surface area contributed by atoms with Crippen molar-refractivity contribution < 1.29 is 22.7 Å². The molecule has 2 N–H and O–H groups in total. The van der Waals surface area contributed by atoms with Gasteiger partial charge in [-0.1, -0.05) is 0 Å². The van der Waals surface area contributed by atoms with Gasteiger partial charge in [-0.2, -0.15) is 18.3 Å². The second kappa shape index (κ2) is 4.41. The molecule has 0 aliphatic carbocycles. The van der Waals surface area contributed by atoms with Crippen LogP contribution >= 0.6 is 0 Å². The molecular formula is C11H8F4N2O. The molecule has 18 heavy (non-hydrogen) atoms. The number of nitrogens with one attached hydrogen (secondary N) is 1. The second-order valence-corrected chi connectivity index (χ2v) is 3.65. The summed E-state index contributed by atoms with van der Waals surface area (Å²) >= 11 is 0. The van der Waals surface area contributed by atoms with Crippen molar-refractivity contribution in [1.29, 1.82) is 0 Å². The highest BCUT2D eigenvalue weighted by Gasteiger charge is 2.41. The van der Waals surface area contributed by atoms with Gasteiger partial charge in [0.2, 0.25) is 0 Å². The highest BCUT2D eigenvalue weighted by molar-refractivity contribution is 5.63. The summed E-state index contributed by atoms with van der Waals surface area (Å²) in [6, 6.07) is 4.82. The third kappa shape index (κ3) is 2.35. The molecule has 0 amide bonds. The Kier molecular flexibility index (Phi) is 3.08. The molecule has 0 spiro atoms. The SMILES string of the molecule is OC(c1cn[nH]c1-c1ccc(F)cc1)C(F)(F)F. The molecule has 3 nitrogen and oxygen atoms in total. The van der Waals surface area contributed by atoms with E-state index in [2.05, 4.69) is 10.2 Å². The van der Waals surface area contributed by atoms with Crippen molar-refractivity contribution in [3.8, 4) is 11.3 Å². The van der Waals surface area contributed by atoms with Gasteiger partial charge in [0.1, 0.15) is 5.82 Å². The van der Waals surface area contributed by atoms with Gasteiger partial charge in [0, 0.05) is 11.1 Å². The Morgan fingerprint density at radius 2 is 1.78 bits per heavy atom. The van der Waals surface area contributed by atoms with E-state index >= 15 is 0 Å². The summed E-state index contributed by atoms with van der Waals surface area (Å²) in [6.45, 7) is 0. The van der Waals surface area contributed by atoms with E-state index < -0.39 is 23.7 Å². The van der Waals surface area contributed by atoms with Gasteiger partial charge in [-0.15, -0.1) is 0 Å². The number of hydrogen-bond acceptors (Lipinski definition) is 2. The number of nitrogens with zero attached hydrogens (tertiary/aromatic N) is 1. The predicted octanol–water partition coefficient (Wildman–Crippen LogP) is 2.81. The molecule has 0 aliphatic heterocycles. The van der Waals surface area contributed by atoms with Crippen LogP contribution in [0.5, 0.6) is 0 Å². The van der Waals surface area contributed by atoms with Crippen molar-refractivity contribution in [2.45, 2.75) is 12.3 Å². The summed E-state index contributed by atoms with van der Waals surface area (Å²) in [6.07, 6.45) is -6.51. The number of hydrogen-bond donors (Lipinski definition) is 2. The quantitative estimate of drug-likeness (QED) is 0.816. The van der Waals surface area contributed by atoms with Crippen LogP contribution in [0.3, 0.4) is 0 Å². The fourth-order valence-corrected chi connectivity index (χ4v) is 1.53. The van der Waals surface area contributed by atoms with E-state index in [0.717, 1.165) is 18.3 Å². The van der Waals surface area contributed by atoms with Crippen LogP contribution in [0.1, 0.15) is 11.7 Å². The predicted molar refractivity (Wildman–Crippen MR) is 55.0 cm³/mol. The standard InChI is InChI=1S/C11H8F4N2O/c12-7-3-1-6(2-4-7)9-8(5-16-17-9)10(18)11(13,14)15/h1-5,10,18H,(H,16,17). The summed E-state index contributed by atoms with van der Waals surface area (Å²) in [4.78, 5) is 0. The summed E-state index contributed by atoms with van der Waals surface area (Å²) < 4.78 is 50.0. The fourth-order valence-electron chi connectivity index (χ4n) is 1.53. The van der Waals surface area contributed by atoms with E-state index in [-0.39, 0.29) is 5.69 Å². The van der Waals surface area contributed by atoms with E-state index in [1.807, 2.05) is 0 Å². The lowest BCUT2D eigenvalue weighted by atomic mass is 10.0. The minimum atomic E-state index is -4.78. The molecule has 2 aromatic rings. The molecule has 0 saturated carbocycles. The van der Waals surface area contributed by atoms with Gasteiger partial charge in [0.05, 0.1) is 11.9 Å². The van der Waals surface area contributed by atoms with Gasteiger partial charge in [-0.05, 0) is 24.3 Å². The van der Waals surface area contributed by atoms with E-state index in [1.54, 1.807) is 0 Å². The van der Waals surface area contributed by atoms with Crippen LogP contribution in [0.15, 0.2) is 30.5 Å². The van der Waals surface area contributed by atoms with Crippen LogP contribution < -0.4 is 0 Å². The average molecular weight is 260 g/mol. The highest BCUT2D eigenvalue weighted by atomic mass is 19.4. The van der Waals surface area contributed by atoms with Crippen LogP contribution in [-0.4, -0.2) is 21.5 Å². The number of halogens is 4. The number of H-pyrrole nitrogens is 1. The van der Waals surface area contributed by atoms with Crippen molar-refractivity contribution in [3.05, 3.63) is 41.8 Å². The topological polar surface area (TPSA) is 48.9 Å². The van der Waals surface area contributed by atoms with Crippen molar-refractivity contribution in [1.82, 2.24) is 10.2 Å². The normalized spacial score (nSPS) is 13.6. The van der Waals surface area contributed by atoms with Crippen molar-refractivity contribution >= 4 is 0 Å². The Bertz CT molecular complexity index is 533. The average Bonchev–Trinajstić information content (AvgIpc) is 2.76. The van der Waals surface area contributed by atoms with Crippen LogP contribution in [0.4, 0.5) is 17.6 Å². The first kappa shape index (κ1) is 12.6. The Balaban J connectivity index is 2.42. The first-order chi connectivity index (χ1) is 8.39. The molecule has 7 heteroatoms. The van der Waals surface area contributed by atoms with Crippen molar-refractivity contribution in [2.75, 3.05) is 0 Å². The monoisotopic (exact) mass is 260 g/mol. The zero-order chi connectivity index (χ0) is 13.3. The highest BCUT2D eigenvalue weighted by Crippen LogP contribution is 2.36. The smallest absolute Gasteiger partial charge is 0.379 e. The number of aliphatic hydroxyl groups excluding tert-OH is 1. The number of rotatable bonds is 2. The van der Waals surface area contributed by atoms with E-state index in [4.69, 9.17) is 0 Å². The first-order valence-corrected chi connectivity index (χ1v) is 4.93. The van der Waals surface area contributed by atoms with Gasteiger partial charge in [-0.25, -0.2) is 4.39 Å². The molecule has 0 saturated heterocycles. The van der Waals surface area contributed by atoms with Crippen LogP contribution in [0, 0.1) is 5.82 Å². The largest absolute Gasteiger partial charge is 0.418 e. The minimum Gasteiger partial charge on any atom is -0.379 e. The third-order valence-corrected chi connectivity index (χ3v) is 2.41. The van der Waals surface area contributed by atoms with E-state index in [0.29, 0.717) is 5.56 Å². The molecule has 1 atom stereocenters. The van der Waals surface area contributed by atoms with Gasteiger partial charge in [0.15, 0.2) is 6.10 Å². The first-order valence-electron chi connectivity index (χ1n) is 4.93. The Labute approximate surface area is 99.1 Å². The lowest BCUT2D eigenvalue weighted by Gasteiger charge is -2.14. The fraction of sp³-hybridized carbons (Fsp3) is 0.182. The molecule has 96 valence electrons. The van der Waals surface area contributed by atoms with Crippen LogP contribution in [-0.2, 0) is 0 Å². The van der Waals surface area contributed by atoms with Gasteiger partial charge < -0.3 is 5.11 Å².